The Morgan fingerprint density at radius 3 is 2.84 bits per heavy atom. The Kier molecular flexibility index (Phi) is 6.11. The summed E-state index contributed by atoms with van der Waals surface area (Å²) in [6, 6.07) is 0.368. The van der Waals surface area contributed by atoms with E-state index in [-0.39, 0.29) is 12.5 Å². The maximum absolute atomic E-state index is 12.3. The van der Waals surface area contributed by atoms with Gasteiger partial charge in [0.15, 0.2) is 0 Å². The zero-order valence-corrected chi connectivity index (χ0v) is 11.9. The number of nitrogens with zero attached hydrogens (tertiary/aromatic N) is 1. The number of carbonyl (C=O) groups excluding carboxylic acids is 1. The van der Waals surface area contributed by atoms with Crippen LogP contribution in [0.25, 0.3) is 0 Å². The van der Waals surface area contributed by atoms with Gasteiger partial charge in [-0.3, -0.25) is 4.79 Å². The summed E-state index contributed by atoms with van der Waals surface area (Å²) >= 11 is 0. The molecule has 0 spiro atoms. The summed E-state index contributed by atoms with van der Waals surface area (Å²) < 4.78 is 5.68. The lowest BCUT2D eigenvalue weighted by molar-refractivity contribution is -0.133. The van der Waals surface area contributed by atoms with Crippen LogP contribution in [0.1, 0.15) is 57.8 Å². The summed E-state index contributed by atoms with van der Waals surface area (Å²) in [5.74, 6) is 0.287. The van der Waals surface area contributed by atoms with E-state index in [0.717, 1.165) is 51.7 Å². The van der Waals surface area contributed by atoms with Crippen molar-refractivity contribution < 1.29 is 14.6 Å². The molecule has 0 saturated carbocycles. The van der Waals surface area contributed by atoms with Crippen LogP contribution in [-0.4, -0.2) is 47.8 Å². The predicted octanol–water partition coefficient (Wildman–Crippen LogP) is 2.10. The number of carbonyl (C=O) groups is 1. The van der Waals surface area contributed by atoms with Crippen molar-refractivity contribution in [3.8, 4) is 0 Å². The van der Waals surface area contributed by atoms with E-state index in [2.05, 4.69) is 0 Å². The third kappa shape index (κ3) is 4.46. The SMILES string of the molecule is O=C(CCC1CCCCO1)N1CCCC1CCCO. The molecule has 0 bridgehead atoms. The number of aliphatic hydroxyl groups excluding tert-OH is 1. The highest BCUT2D eigenvalue weighted by Gasteiger charge is 2.28. The maximum Gasteiger partial charge on any atom is 0.222 e. The lowest BCUT2D eigenvalue weighted by atomic mass is 10.0. The van der Waals surface area contributed by atoms with E-state index in [0.29, 0.717) is 18.6 Å². The number of ether oxygens (including phenoxy) is 1. The van der Waals surface area contributed by atoms with Crippen molar-refractivity contribution in [1.82, 2.24) is 4.90 Å². The molecule has 2 saturated heterocycles. The molecule has 2 heterocycles. The first-order chi connectivity index (χ1) is 9.31. The van der Waals surface area contributed by atoms with Crippen LogP contribution in [0.15, 0.2) is 0 Å². The molecular formula is C15H27NO3. The topological polar surface area (TPSA) is 49.8 Å². The Hall–Kier alpha value is -0.610. The Morgan fingerprint density at radius 1 is 1.21 bits per heavy atom. The molecule has 0 aliphatic carbocycles. The van der Waals surface area contributed by atoms with Crippen LogP contribution in [0.2, 0.25) is 0 Å². The van der Waals surface area contributed by atoms with Crippen molar-refractivity contribution >= 4 is 5.91 Å². The summed E-state index contributed by atoms with van der Waals surface area (Å²) in [6.07, 6.45) is 9.29. The number of likely N-dealkylation sites (tertiary alicyclic amines) is 1. The van der Waals surface area contributed by atoms with Gasteiger partial charge in [-0.05, 0) is 51.4 Å². The fourth-order valence-corrected chi connectivity index (χ4v) is 3.25. The molecule has 1 amide bonds. The Bertz CT molecular complexity index is 277. The molecule has 2 rings (SSSR count). The smallest absolute Gasteiger partial charge is 0.222 e. The van der Waals surface area contributed by atoms with Crippen molar-refractivity contribution in [1.29, 1.82) is 0 Å². The summed E-state index contributed by atoms with van der Waals surface area (Å²) in [5, 5.41) is 8.91. The van der Waals surface area contributed by atoms with Crippen molar-refractivity contribution in [2.24, 2.45) is 0 Å². The third-order valence-corrected chi connectivity index (χ3v) is 4.35. The Morgan fingerprint density at radius 2 is 2.11 bits per heavy atom. The number of amides is 1. The van der Waals surface area contributed by atoms with Gasteiger partial charge in [0.25, 0.3) is 0 Å². The average Bonchev–Trinajstić information content (AvgIpc) is 2.92. The largest absolute Gasteiger partial charge is 0.396 e. The van der Waals surface area contributed by atoms with Gasteiger partial charge in [-0.25, -0.2) is 0 Å². The molecule has 110 valence electrons. The molecule has 2 aliphatic heterocycles. The zero-order chi connectivity index (χ0) is 13.5. The Labute approximate surface area is 116 Å². The minimum absolute atomic E-state index is 0.231. The highest BCUT2D eigenvalue weighted by molar-refractivity contribution is 5.76. The quantitative estimate of drug-likeness (QED) is 0.803. The number of rotatable bonds is 6. The first-order valence-electron chi connectivity index (χ1n) is 7.83. The van der Waals surface area contributed by atoms with Gasteiger partial charge in [0.05, 0.1) is 6.10 Å². The molecule has 2 fully saturated rings. The van der Waals surface area contributed by atoms with Gasteiger partial charge >= 0.3 is 0 Å². The standard InChI is InChI=1S/C15H27NO3/c17-11-4-6-13-5-3-10-16(13)15(18)9-8-14-7-1-2-12-19-14/h13-14,17H,1-12H2. The zero-order valence-electron chi connectivity index (χ0n) is 11.9. The molecule has 4 nitrogen and oxygen atoms in total. The van der Waals surface area contributed by atoms with Crippen LogP contribution < -0.4 is 0 Å². The first kappa shape index (κ1) is 14.8. The molecule has 4 heteroatoms. The van der Waals surface area contributed by atoms with E-state index < -0.39 is 0 Å². The van der Waals surface area contributed by atoms with Crippen molar-refractivity contribution in [2.75, 3.05) is 19.8 Å². The van der Waals surface area contributed by atoms with Crippen molar-refractivity contribution in [3.05, 3.63) is 0 Å². The second-order valence-electron chi connectivity index (χ2n) is 5.78. The Balaban J connectivity index is 1.71. The minimum atomic E-state index is 0.231. The van der Waals surface area contributed by atoms with Gasteiger partial charge in [-0.1, -0.05) is 0 Å². The van der Waals surface area contributed by atoms with Gasteiger partial charge in [0, 0.05) is 32.2 Å². The molecule has 0 radical (unpaired) electrons. The van der Waals surface area contributed by atoms with Crippen LogP contribution in [0, 0.1) is 0 Å². The molecule has 19 heavy (non-hydrogen) atoms. The van der Waals surface area contributed by atoms with E-state index in [1.165, 1.54) is 12.8 Å². The van der Waals surface area contributed by atoms with Gasteiger partial charge in [-0.15, -0.1) is 0 Å². The molecule has 0 aromatic rings. The summed E-state index contributed by atoms with van der Waals surface area (Å²) in [6.45, 7) is 2.00. The minimum Gasteiger partial charge on any atom is -0.396 e. The monoisotopic (exact) mass is 269 g/mol. The van der Waals surface area contributed by atoms with E-state index >= 15 is 0 Å². The summed E-state index contributed by atoms with van der Waals surface area (Å²) in [4.78, 5) is 14.3. The molecule has 0 aromatic carbocycles. The van der Waals surface area contributed by atoms with E-state index in [4.69, 9.17) is 9.84 Å². The second kappa shape index (κ2) is 7.85. The van der Waals surface area contributed by atoms with Crippen LogP contribution in [0.4, 0.5) is 0 Å². The molecule has 2 atom stereocenters. The molecule has 2 aliphatic rings. The van der Waals surface area contributed by atoms with E-state index in [1.807, 2.05) is 4.90 Å². The summed E-state index contributed by atoms with van der Waals surface area (Å²) in [7, 11) is 0. The fourth-order valence-electron chi connectivity index (χ4n) is 3.25. The summed E-state index contributed by atoms with van der Waals surface area (Å²) in [5.41, 5.74) is 0. The van der Waals surface area contributed by atoms with Gasteiger partial charge in [0.1, 0.15) is 0 Å². The maximum atomic E-state index is 12.3. The lowest BCUT2D eigenvalue weighted by Crippen LogP contribution is -2.36. The van der Waals surface area contributed by atoms with Gasteiger partial charge < -0.3 is 14.7 Å². The van der Waals surface area contributed by atoms with E-state index in [9.17, 15) is 4.79 Å². The van der Waals surface area contributed by atoms with Crippen LogP contribution in [0.3, 0.4) is 0 Å². The second-order valence-corrected chi connectivity index (χ2v) is 5.78. The highest BCUT2D eigenvalue weighted by Crippen LogP contribution is 2.24. The molecule has 1 N–H and O–H groups in total. The first-order valence-corrected chi connectivity index (χ1v) is 7.83. The van der Waals surface area contributed by atoms with Crippen LogP contribution >= 0.6 is 0 Å². The average molecular weight is 269 g/mol. The van der Waals surface area contributed by atoms with Gasteiger partial charge in [-0.2, -0.15) is 0 Å². The molecular weight excluding hydrogens is 242 g/mol. The van der Waals surface area contributed by atoms with Crippen LogP contribution in [-0.2, 0) is 9.53 Å². The van der Waals surface area contributed by atoms with E-state index in [1.54, 1.807) is 0 Å². The molecule has 0 aromatic heterocycles. The van der Waals surface area contributed by atoms with Crippen molar-refractivity contribution in [2.45, 2.75) is 69.9 Å². The fraction of sp³-hybridized carbons (Fsp3) is 0.933. The molecule has 2 unspecified atom stereocenters. The number of hydrogen-bond acceptors (Lipinski definition) is 3. The normalized spacial score (nSPS) is 27.7. The number of hydrogen-bond donors (Lipinski definition) is 1. The highest BCUT2D eigenvalue weighted by atomic mass is 16.5. The third-order valence-electron chi connectivity index (χ3n) is 4.35. The lowest BCUT2D eigenvalue weighted by Gasteiger charge is -2.27. The number of aliphatic hydroxyl groups is 1. The van der Waals surface area contributed by atoms with Crippen molar-refractivity contribution in [3.63, 3.8) is 0 Å². The van der Waals surface area contributed by atoms with Gasteiger partial charge in [0.2, 0.25) is 5.91 Å². The van der Waals surface area contributed by atoms with Crippen LogP contribution in [0.5, 0.6) is 0 Å². The predicted molar refractivity (Wildman–Crippen MR) is 73.9 cm³/mol.